The molecule has 0 aliphatic heterocycles. The highest BCUT2D eigenvalue weighted by Gasteiger charge is 2.10. The fourth-order valence-corrected chi connectivity index (χ4v) is 1.81. The van der Waals surface area contributed by atoms with Crippen LogP contribution in [0.1, 0.15) is 21.5 Å². The average molecular weight is 277 g/mol. The van der Waals surface area contributed by atoms with Crippen molar-refractivity contribution in [2.45, 2.75) is 13.5 Å². The number of aromatic carboxylic acids is 1. The van der Waals surface area contributed by atoms with Gasteiger partial charge in [-0.25, -0.2) is 13.6 Å². The van der Waals surface area contributed by atoms with E-state index in [1.54, 1.807) is 12.1 Å². The number of carbonyl (C=O) groups is 1. The number of nitrogens with one attached hydrogen (secondary N) is 1. The Balaban J connectivity index is 2.13. The highest BCUT2D eigenvalue weighted by molar-refractivity contribution is 5.87. The lowest BCUT2D eigenvalue weighted by atomic mass is 10.1. The number of carboxylic acid groups (broad SMARTS) is 1. The molecule has 0 aromatic heterocycles. The summed E-state index contributed by atoms with van der Waals surface area (Å²) in [5.74, 6) is -2.51. The fraction of sp³-hybridized carbons (Fsp3) is 0.133. The minimum Gasteiger partial charge on any atom is -0.478 e. The molecule has 0 aliphatic rings. The Morgan fingerprint density at radius 1 is 1.15 bits per heavy atom. The van der Waals surface area contributed by atoms with Gasteiger partial charge >= 0.3 is 5.97 Å². The quantitative estimate of drug-likeness (QED) is 0.898. The van der Waals surface area contributed by atoms with Gasteiger partial charge in [0.25, 0.3) is 0 Å². The largest absolute Gasteiger partial charge is 0.478 e. The minimum absolute atomic E-state index is 0.206. The fourth-order valence-electron chi connectivity index (χ4n) is 1.81. The molecule has 0 heterocycles. The van der Waals surface area contributed by atoms with Crippen LogP contribution in [0, 0.1) is 18.6 Å². The Morgan fingerprint density at radius 3 is 2.55 bits per heavy atom. The first-order chi connectivity index (χ1) is 9.47. The minimum atomic E-state index is -1.31. The molecule has 2 N–H and O–H groups in total. The third-order valence-corrected chi connectivity index (χ3v) is 2.87. The monoisotopic (exact) mass is 277 g/mol. The van der Waals surface area contributed by atoms with Crippen molar-refractivity contribution in [2.75, 3.05) is 5.32 Å². The zero-order chi connectivity index (χ0) is 14.7. The molecule has 0 bridgehead atoms. The van der Waals surface area contributed by atoms with Crippen LogP contribution in [0.15, 0.2) is 36.4 Å². The number of hydrogen-bond acceptors (Lipinski definition) is 2. The summed E-state index contributed by atoms with van der Waals surface area (Å²) in [7, 11) is 0. The van der Waals surface area contributed by atoms with Crippen molar-refractivity contribution in [2.24, 2.45) is 0 Å². The number of benzene rings is 2. The van der Waals surface area contributed by atoms with Crippen LogP contribution in [-0.4, -0.2) is 11.1 Å². The van der Waals surface area contributed by atoms with E-state index < -0.39 is 17.6 Å². The SMILES string of the molecule is Cc1ccc(F)c(NCc2ccc(C(=O)O)c(F)c2)c1. The Labute approximate surface area is 114 Å². The highest BCUT2D eigenvalue weighted by atomic mass is 19.1. The first-order valence-electron chi connectivity index (χ1n) is 5.99. The van der Waals surface area contributed by atoms with Crippen molar-refractivity contribution < 1.29 is 18.7 Å². The van der Waals surface area contributed by atoms with Gasteiger partial charge in [-0.2, -0.15) is 0 Å². The second kappa shape index (κ2) is 5.69. The summed E-state index contributed by atoms with van der Waals surface area (Å²) in [6.07, 6.45) is 0. The maximum Gasteiger partial charge on any atom is 0.338 e. The Bertz CT molecular complexity index is 656. The molecule has 0 fully saturated rings. The van der Waals surface area contributed by atoms with Crippen LogP contribution in [0.25, 0.3) is 0 Å². The first kappa shape index (κ1) is 14.0. The first-order valence-corrected chi connectivity index (χ1v) is 5.99. The molecular weight excluding hydrogens is 264 g/mol. The summed E-state index contributed by atoms with van der Waals surface area (Å²) < 4.78 is 27.0. The zero-order valence-electron chi connectivity index (χ0n) is 10.8. The maximum absolute atomic E-state index is 13.5. The van der Waals surface area contributed by atoms with Gasteiger partial charge in [0.1, 0.15) is 11.6 Å². The lowest BCUT2D eigenvalue weighted by Crippen LogP contribution is -2.05. The van der Waals surface area contributed by atoms with Gasteiger partial charge in [0.05, 0.1) is 11.3 Å². The molecule has 2 aromatic carbocycles. The lowest BCUT2D eigenvalue weighted by molar-refractivity contribution is 0.0692. The number of rotatable bonds is 4. The zero-order valence-corrected chi connectivity index (χ0v) is 10.8. The molecule has 3 nitrogen and oxygen atoms in total. The summed E-state index contributed by atoms with van der Waals surface area (Å²) in [6, 6.07) is 8.48. The molecule has 0 saturated heterocycles. The van der Waals surface area contributed by atoms with Gasteiger partial charge in [0.15, 0.2) is 0 Å². The van der Waals surface area contributed by atoms with Gasteiger partial charge in [-0.05, 0) is 42.3 Å². The van der Waals surface area contributed by atoms with Crippen molar-refractivity contribution in [1.29, 1.82) is 0 Å². The summed E-state index contributed by atoms with van der Waals surface area (Å²) in [5, 5.41) is 11.6. The van der Waals surface area contributed by atoms with Gasteiger partial charge in [-0.3, -0.25) is 0 Å². The van der Waals surface area contributed by atoms with Crippen LogP contribution in [0.3, 0.4) is 0 Å². The normalized spacial score (nSPS) is 10.3. The lowest BCUT2D eigenvalue weighted by Gasteiger charge is -2.09. The molecule has 0 radical (unpaired) electrons. The molecular formula is C15H13F2NO2. The number of anilines is 1. The summed E-state index contributed by atoms with van der Waals surface area (Å²) in [6.45, 7) is 2.04. The van der Waals surface area contributed by atoms with E-state index in [0.29, 0.717) is 11.3 Å². The number of carboxylic acids is 1. The van der Waals surface area contributed by atoms with Crippen molar-refractivity contribution in [1.82, 2.24) is 0 Å². The van der Waals surface area contributed by atoms with E-state index in [-0.39, 0.29) is 12.1 Å². The third kappa shape index (κ3) is 3.12. The van der Waals surface area contributed by atoms with Gasteiger partial charge in [0.2, 0.25) is 0 Å². The van der Waals surface area contributed by atoms with E-state index in [1.165, 1.54) is 18.2 Å². The van der Waals surface area contributed by atoms with Crippen LogP contribution < -0.4 is 5.32 Å². The molecule has 104 valence electrons. The molecule has 20 heavy (non-hydrogen) atoms. The van der Waals surface area contributed by atoms with E-state index in [9.17, 15) is 13.6 Å². The van der Waals surface area contributed by atoms with E-state index in [2.05, 4.69) is 5.32 Å². The predicted octanol–water partition coefficient (Wildman–Crippen LogP) is 3.58. The highest BCUT2D eigenvalue weighted by Crippen LogP contribution is 2.17. The van der Waals surface area contributed by atoms with E-state index >= 15 is 0 Å². The van der Waals surface area contributed by atoms with Gasteiger partial charge in [-0.1, -0.05) is 12.1 Å². The van der Waals surface area contributed by atoms with Crippen LogP contribution in [-0.2, 0) is 6.54 Å². The molecule has 0 aliphatic carbocycles. The van der Waals surface area contributed by atoms with Crippen molar-refractivity contribution in [3.05, 3.63) is 64.7 Å². The van der Waals surface area contributed by atoms with Gasteiger partial charge < -0.3 is 10.4 Å². The third-order valence-electron chi connectivity index (χ3n) is 2.87. The molecule has 0 unspecified atom stereocenters. The van der Waals surface area contributed by atoms with Crippen LogP contribution in [0.5, 0.6) is 0 Å². The van der Waals surface area contributed by atoms with E-state index in [0.717, 1.165) is 11.6 Å². The van der Waals surface area contributed by atoms with Crippen molar-refractivity contribution >= 4 is 11.7 Å². The Morgan fingerprint density at radius 2 is 1.90 bits per heavy atom. The molecule has 0 amide bonds. The van der Waals surface area contributed by atoms with Crippen molar-refractivity contribution in [3.8, 4) is 0 Å². The maximum atomic E-state index is 13.5. The smallest absolute Gasteiger partial charge is 0.338 e. The van der Waals surface area contributed by atoms with Crippen LogP contribution in [0.2, 0.25) is 0 Å². The number of halogens is 2. The summed E-state index contributed by atoms with van der Waals surface area (Å²) in [4.78, 5) is 10.7. The summed E-state index contributed by atoms with van der Waals surface area (Å²) >= 11 is 0. The molecule has 2 aromatic rings. The van der Waals surface area contributed by atoms with Crippen molar-refractivity contribution in [3.63, 3.8) is 0 Å². The molecule has 0 saturated carbocycles. The topological polar surface area (TPSA) is 49.3 Å². The summed E-state index contributed by atoms with van der Waals surface area (Å²) in [5.41, 5.74) is 1.39. The average Bonchev–Trinajstić information content (AvgIpc) is 2.39. The van der Waals surface area contributed by atoms with E-state index in [1.807, 2.05) is 6.92 Å². The van der Waals surface area contributed by atoms with Gasteiger partial charge in [0, 0.05) is 6.54 Å². The molecule has 5 heteroatoms. The molecule has 0 spiro atoms. The standard InChI is InChI=1S/C15H13F2NO2/c1-9-2-5-12(16)14(6-9)18-8-10-3-4-11(15(19)20)13(17)7-10/h2-7,18H,8H2,1H3,(H,19,20). The second-order valence-electron chi connectivity index (χ2n) is 4.46. The molecule has 2 rings (SSSR count). The predicted molar refractivity (Wildman–Crippen MR) is 71.8 cm³/mol. The Kier molecular flexibility index (Phi) is 3.98. The van der Waals surface area contributed by atoms with Crippen LogP contribution in [0.4, 0.5) is 14.5 Å². The number of aryl methyl sites for hydroxylation is 1. The molecule has 0 atom stereocenters. The van der Waals surface area contributed by atoms with Gasteiger partial charge in [-0.15, -0.1) is 0 Å². The number of hydrogen-bond donors (Lipinski definition) is 2. The second-order valence-corrected chi connectivity index (χ2v) is 4.46. The Hall–Kier alpha value is -2.43. The van der Waals surface area contributed by atoms with Crippen LogP contribution >= 0.6 is 0 Å². The van der Waals surface area contributed by atoms with E-state index in [4.69, 9.17) is 5.11 Å².